The summed E-state index contributed by atoms with van der Waals surface area (Å²) in [6, 6.07) is 9.50. The number of nitrogens with two attached hydrogens (primary N) is 1. The number of urea groups is 1. The smallest absolute Gasteiger partial charge is 0.418 e. The van der Waals surface area contributed by atoms with Gasteiger partial charge in [-0.3, -0.25) is 14.5 Å². The van der Waals surface area contributed by atoms with E-state index in [-0.39, 0.29) is 54.7 Å². The van der Waals surface area contributed by atoms with E-state index in [0.29, 0.717) is 57.3 Å². The van der Waals surface area contributed by atoms with Crippen LogP contribution >= 0.6 is 11.6 Å². The molecule has 0 bridgehead atoms. The third kappa shape index (κ3) is 11.7. The Morgan fingerprint density at radius 2 is 1.58 bits per heavy atom. The first-order valence-electron chi connectivity index (χ1n) is 20.7. The number of piperidine rings is 3. The minimum absolute atomic E-state index is 0.0636. The minimum atomic E-state index is -4.79. The highest BCUT2D eigenvalue weighted by molar-refractivity contribution is 6.33. The zero-order chi connectivity index (χ0) is 42.3. The van der Waals surface area contributed by atoms with Crippen molar-refractivity contribution in [2.45, 2.75) is 76.1 Å². The molecule has 0 radical (unpaired) electrons. The lowest BCUT2D eigenvalue weighted by atomic mass is 9.78. The standard InChI is InChI=1S/C42H57ClF3N7O6/c1-49(2)15-5-23-58-37(54)27-50-16-8-29(9-17-50)30-10-18-51(19-11-30)39(55)36(26-28-24-33(42(44,45)46)38(47)34(43)25-28)59-41(57)52-20-13-32(14-21-52)53-22-12-31-6-3-4-7-35(31)48-40(53)56/h3-4,6-7,24-25,29-30,32,36H,5,8-23,26-27,47H2,1-2H3,(H,48,56)/t36-/m1/s1. The topological polar surface area (TPSA) is 141 Å². The molecule has 59 heavy (non-hydrogen) atoms. The van der Waals surface area contributed by atoms with Crippen LogP contribution in [0, 0.1) is 11.8 Å². The number of hydrogen-bond donors (Lipinski definition) is 2. The van der Waals surface area contributed by atoms with Crippen LogP contribution in [0.5, 0.6) is 0 Å². The second-order valence-electron chi connectivity index (χ2n) is 16.5. The Balaban J connectivity index is 1.05. The average molecular weight is 848 g/mol. The summed E-state index contributed by atoms with van der Waals surface area (Å²) in [6.45, 7) is 5.02. The molecule has 4 aliphatic heterocycles. The normalized spacial score (nSPS) is 19.6. The molecule has 4 amide bonds. The number of alkyl halides is 3. The van der Waals surface area contributed by atoms with Gasteiger partial charge in [0.2, 0.25) is 0 Å². The van der Waals surface area contributed by atoms with E-state index in [1.54, 1.807) is 9.80 Å². The van der Waals surface area contributed by atoms with Crippen molar-refractivity contribution in [1.29, 1.82) is 0 Å². The highest BCUT2D eigenvalue weighted by atomic mass is 35.5. The van der Waals surface area contributed by atoms with Crippen molar-refractivity contribution < 1.29 is 41.8 Å². The summed E-state index contributed by atoms with van der Waals surface area (Å²) < 4.78 is 53.1. The number of hydrogen-bond acceptors (Lipinski definition) is 9. The van der Waals surface area contributed by atoms with Crippen molar-refractivity contribution >= 4 is 47.0 Å². The predicted octanol–water partition coefficient (Wildman–Crippen LogP) is 5.99. The number of carbonyl (C=O) groups is 4. The molecule has 0 unspecified atom stereocenters. The number of halogens is 4. The van der Waals surface area contributed by atoms with Gasteiger partial charge in [-0.15, -0.1) is 0 Å². The maximum absolute atomic E-state index is 14.2. The number of fused-ring (bicyclic) bond motifs is 1. The number of carbonyl (C=O) groups excluding carboxylic acids is 4. The molecule has 2 aromatic carbocycles. The fraction of sp³-hybridized carbons (Fsp3) is 0.619. The van der Waals surface area contributed by atoms with Crippen LogP contribution < -0.4 is 11.1 Å². The van der Waals surface area contributed by atoms with E-state index in [4.69, 9.17) is 26.8 Å². The van der Waals surface area contributed by atoms with Gasteiger partial charge >= 0.3 is 24.3 Å². The summed E-state index contributed by atoms with van der Waals surface area (Å²) in [6.07, 6.45) is -1.46. The number of nitrogens with zero attached hydrogens (tertiary/aromatic N) is 5. The highest BCUT2D eigenvalue weighted by Gasteiger charge is 2.39. The van der Waals surface area contributed by atoms with Crippen molar-refractivity contribution in [2.24, 2.45) is 11.8 Å². The number of ether oxygens (including phenoxy) is 2. The number of para-hydroxylation sites is 1. The number of benzene rings is 2. The molecular weight excluding hydrogens is 791 g/mol. The van der Waals surface area contributed by atoms with E-state index in [9.17, 15) is 32.3 Å². The zero-order valence-corrected chi connectivity index (χ0v) is 34.7. The number of likely N-dealkylation sites (tertiary alicyclic amines) is 3. The minimum Gasteiger partial charge on any atom is -0.465 e. The summed E-state index contributed by atoms with van der Waals surface area (Å²) in [5, 5.41) is 2.68. The molecule has 3 saturated heterocycles. The lowest BCUT2D eigenvalue weighted by Crippen LogP contribution is -2.52. The predicted molar refractivity (Wildman–Crippen MR) is 218 cm³/mol. The molecule has 13 nitrogen and oxygen atoms in total. The zero-order valence-electron chi connectivity index (χ0n) is 34.0. The van der Waals surface area contributed by atoms with Crippen LogP contribution in [0.15, 0.2) is 36.4 Å². The van der Waals surface area contributed by atoms with Gasteiger partial charge in [-0.1, -0.05) is 29.8 Å². The van der Waals surface area contributed by atoms with E-state index >= 15 is 0 Å². The molecular formula is C42H57ClF3N7O6. The largest absolute Gasteiger partial charge is 0.465 e. The van der Waals surface area contributed by atoms with E-state index in [1.807, 2.05) is 43.3 Å². The SMILES string of the molecule is CN(C)CCCOC(=O)CN1CCC(C2CCN(C(=O)[C@@H](Cc3cc(Cl)c(N)c(C(F)(F)F)c3)OC(=O)N3CCC(N4CCc5ccccc5NC4=O)CC3)CC2)CC1. The second-order valence-corrected chi connectivity index (χ2v) is 16.9. The highest BCUT2D eigenvalue weighted by Crippen LogP contribution is 2.39. The Morgan fingerprint density at radius 1 is 0.932 bits per heavy atom. The Labute approximate surface area is 349 Å². The van der Waals surface area contributed by atoms with Crippen molar-refractivity contribution in [1.82, 2.24) is 24.5 Å². The summed E-state index contributed by atoms with van der Waals surface area (Å²) in [5.41, 5.74) is 5.86. The molecule has 0 aromatic heterocycles. The fourth-order valence-electron chi connectivity index (χ4n) is 8.89. The molecule has 6 rings (SSSR count). The summed E-state index contributed by atoms with van der Waals surface area (Å²) in [7, 11) is 3.96. The lowest BCUT2D eigenvalue weighted by molar-refractivity contribution is -0.145. The molecule has 3 N–H and O–H groups in total. The fourth-order valence-corrected chi connectivity index (χ4v) is 9.13. The second kappa shape index (κ2) is 19.9. The lowest BCUT2D eigenvalue weighted by Gasteiger charge is -2.41. The van der Waals surface area contributed by atoms with E-state index in [2.05, 4.69) is 10.2 Å². The summed E-state index contributed by atoms with van der Waals surface area (Å²) >= 11 is 6.15. The first kappa shape index (κ1) is 44.3. The quantitative estimate of drug-likeness (QED) is 0.150. The number of nitrogen functional groups attached to an aromatic ring is 1. The van der Waals surface area contributed by atoms with E-state index in [1.165, 1.54) is 11.0 Å². The van der Waals surface area contributed by atoms with E-state index < -0.39 is 35.5 Å². The van der Waals surface area contributed by atoms with E-state index in [0.717, 1.165) is 69.1 Å². The molecule has 0 aliphatic carbocycles. The van der Waals surface area contributed by atoms with Crippen molar-refractivity contribution in [3.05, 3.63) is 58.1 Å². The van der Waals surface area contributed by atoms with Gasteiger partial charge in [0, 0.05) is 57.4 Å². The molecule has 4 aliphatic rings. The summed E-state index contributed by atoms with van der Waals surface area (Å²) in [5.74, 6) is 0.114. The van der Waals surface area contributed by atoms with Gasteiger partial charge in [-0.2, -0.15) is 13.2 Å². The molecule has 1 atom stereocenters. The van der Waals surface area contributed by atoms with Crippen molar-refractivity contribution in [3.8, 4) is 0 Å². The number of nitrogens with one attached hydrogen (secondary N) is 1. The Kier molecular flexibility index (Phi) is 14.9. The van der Waals surface area contributed by atoms with Gasteiger partial charge in [-0.05, 0) is 120 Å². The van der Waals surface area contributed by atoms with Crippen LogP contribution in [0.25, 0.3) is 0 Å². The molecule has 0 spiro atoms. The van der Waals surface area contributed by atoms with Crippen LogP contribution in [-0.2, 0) is 38.1 Å². The number of rotatable bonds is 12. The molecule has 3 fully saturated rings. The van der Waals surface area contributed by atoms with Gasteiger partial charge in [0.25, 0.3) is 5.91 Å². The maximum atomic E-state index is 14.2. The molecule has 2 aromatic rings. The average Bonchev–Trinajstić information content (AvgIpc) is 3.38. The van der Waals surface area contributed by atoms with Crippen molar-refractivity contribution in [3.63, 3.8) is 0 Å². The van der Waals surface area contributed by atoms with Crippen LogP contribution in [-0.4, -0.2) is 140 Å². The van der Waals surface area contributed by atoms with Gasteiger partial charge in [0.15, 0.2) is 6.10 Å². The Hall–Kier alpha value is -4.28. The first-order chi connectivity index (χ1) is 28.2. The van der Waals surface area contributed by atoms with Crippen LogP contribution in [0.3, 0.4) is 0 Å². The monoisotopic (exact) mass is 847 g/mol. The number of esters is 1. The van der Waals surface area contributed by atoms with Gasteiger partial charge in [0.05, 0.1) is 29.4 Å². The maximum Gasteiger partial charge on any atom is 0.418 e. The van der Waals surface area contributed by atoms with Crippen LogP contribution in [0.2, 0.25) is 5.02 Å². The first-order valence-corrected chi connectivity index (χ1v) is 21.1. The molecule has 324 valence electrons. The van der Waals surface area contributed by atoms with Gasteiger partial charge < -0.3 is 40.1 Å². The van der Waals surface area contributed by atoms with Gasteiger partial charge in [-0.25, -0.2) is 9.59 Å². The van der Waals surface area contributed by atoms with Crippen molar-refractivity contribution in [2.75, 3.05) is 90.7 Å². The number of anilines is 2. The third-order valence-electron chi connectivity index (χ3n) is 12.3. The molecule has 17 heteroatoms. The Bertz CT molecular complexity index is 1790. The number of amides is 4. The molecule has 0 saturated carbocycles. The van der Waals surface area contributed by atoms with Crippen LogP contribution in [0.1, 0.15) is 61.6 Å². The summed E-state index contributed by atoms with van der Waals surface area (Å²) in [4.78, 5) is 62.5. The van der Waals surface area contributed by atoms with Crippen LogP contribution in [0.4, 0.5) is 34.1 Å². The van der Waals surface area contributed by atoms with Gasteiger partial charge in [0.1, 0.15) is 0 Å². The Morgan fingerprint density at radius 3 is 2.24 bits per heavy atom. The molecule has 4 heterocycles. The third-order valence-corrected chi connectivity index (χ3v) is 12.6.